The summed E-state index contributed by atoms with van der Waals surface area (Å²) in [6, 6.07) is 7.65. The summed E-state index contributed by atoms with van der Waals surface area (Å²) in [4.78, 5) is 16.2. The zero-order valence-electron chi connectivity index (χ0n) is 18.0. The number of hydrogen-bond donors (Lipinski definition) is 3. The van der Waals surface area contributed by atoms with Crippen LogP contribution in [-0.4, -0.2) is 48.4 Å². The number of hydrogen-bond acceptors (Lipinski definition) is 8. The number of benzene rings is 1. The van der Waals surface area contributed by atoms with Crippen molar-refractivity contribution in [2.75, 3.05) is 37.5 Å². The molecule has 1 saturated heterocycles. The van der Waals surface area contributed by atoms with Crippen molar-refractivity contribution in [2.24, 2.45) is 5.92 Å². The highest BCUT2D eigenvalue weighted by atomic mass is 16.5. The molecule has 0 aliphatic carbocycles. The molecule has 1 atom stereocenters. The first-order valence-corrected chi connectivity index (χ1v) is 10.3. The number of fused-ring (bicyclic) bond motifs is 1. The average molecular weight is 418 g/mol. The van der Waals surface area contributed by atoms with Crippen LogP contribution >= 0.6 is 0 Å². The summed E-state index contributed by atoms with van der Waals surface area (Å²) in [5, 5.41) is 14.8. The highest BCUT2D eigenvalue weighted by Gasteiger charge is 2.22. The molecule has 1 aromatic carbocycles. The maximum absolute atomic E-state index is 7.62. The maximum Gasteiger partial charge on any atom is 0.227 e. The van der Waals surface area contributed by atoms with E-state index in [4.69, 9.17) is 15.1 Å². The van der Waals surface area contributed by atoms with Gasteiger partial charge in [-0.15, -0.1) is 0 Å². The van der Waals surface area contributed by atoms with Crippen molar-refractivity contribution in [3.05, 3.63) is 48.4 Å². The fraction of sp³-hybridized carbons (Fsp3) is 0.304. The van der Waals surface area contributed by atoms with Gasteiger partial charge in [0.05, 0.1) is 12.8 Å². The lowest BCUT2D eigenvalue weighted by molar-refractivity contribution is 0.416. The minimum Gasteiger partial charge on any atom is -0.495 e. The summed E-state index contributed by atoms with van der Waals surface area (Å²) in [6.07, 6.45) is 7.88. The summed E-state index contributed by atoms with van der Waals surface area (Å²) >= 11 is 0. The SMILES string of the molecule is CN/C=C(\C=N)c1ccc(Nc2ncc3ccnc(N4CCC(C)C4)c3n2)c(OC)c1. The molecule has 0 saturated carbocycles. The summed E-state index contributed by atoms with van der Waals surface area (Å²) in [6.45, 7) is 4.24. The van der Waals surface area contributed by atoms with Crippen LogP contribution < -0.4 is 20.3 Å². The Morgan fingerprint density at radius 3 is 2.87 bits per heavy atom. The van der Waals surface area contributed by atoms with Gasteiger partial charge in [-0.3, -0.25) is 0 Å². The number of nitrogens with zero attached hydrogens (tertiary/aromatic N) is 4. The van der Waals surface area contributed by atoms with Crippen molar-refractivity contribution in [1.29, 1.82) is 5.41 Å². The van der Waals surface area contributed by atoms with Gasteiger partial charge in [-0.2, -0.15) is 0 Å². The van der Waals surface area contributed by atoms with E-state index in [1.54, 1.807) is 20.4 Å². The quantitative estimate of drug-likeness (QED) is 0.502. The van der Waals surface area contributed by atoms with E-state index in [-0.39, 0.29) is 0 Å². The topological polar surface area (TPSA) is 99.0 Å². The second-order valence-corrected chi connectivity index (χ2v) is 7.68. The molecule has 8 heteroatoms. The largest absolute Gasteiger partial charge is 0.495 e. The van der Waals surface area contributed by atoms with Gasteiger partial charge in [-0.25, -0.2) is 15.0 Å². The normalized spacial score (nSPS) is 16.4. The minimum atomic E-state index is 0.484. The zero-order chi connectivity index (χ0) is 21.8. The number of aromatic nitrogens is 3. The van der Waals surface area contributed by atoms with Gasteiger partial charge in [0.25, 0.3) is 0 Å². The molecular formula is C23H27N7O. The van der Waals surface area contributed by atoms with E-state index in [9.17, 15) is 0 Å². The Kier molecular flexibility index (Phi) is 5.97. The number of anilines is 3. The number of pyridine rings is 1. The lowest BCUT2D eigenvalue weighted by Gasteiger charge is -2.18. The monoisotopic (exact) mass is 417 g/mol. The molecule has 8 nitrogen and oxygen atoms in total. The Morgan fingerprint density at radius 2 is 2.16 bits per heavy atom. The number of rotatable bonds is 7. The van der Waals surface area contributed by atoms with Gasteiger partial charge in [0.1, 0.15) is 11.3 Å². The number of allylic oxidation sites excluding steroid dienone is 1. The van der Waals surface area contributed by atoms with Crippen LogP contribution in [-0.2, 0) is 0 Å². The smallest absolute Gasteiger partial charge is 0.227 e. The van der Waals surface area contributed by atoms with Crippen LogP contribution in [0.2, 0.25) is 0 Å². The molecule has 1 aliphatic heterocycles. The van der Waals surface area contributed by atoms with E-state index >= 15 is 0 Å². The van der Waals surface area contributed by atoms with Gasteiger partial charge in [0, 0.05) is 55.9 Å². The van der Waals surface area contributed by atoms with Gasteiger partial charge < -0.3 is 25.7 Å². The van der Waals surface area contributed by atoms with E-state index in [1.807, 2.05) is 36.7 Å². The molecule has 3 heterocycles. The van der Waals surface area contributed by atoms with Gasteiger partial charge >= 0.3 is 0 Å². The van der Waals surface area contributed by atoms with Crippen LogP contribution in [0.15, 0.2) is 42.9 Å². The van der Waals surface area contributed by atoms with Crippen LogP contribution in [0.3, 0.4) is 0 Å². The third-order valence-corrected chi connectivity index (χ3v) is 5.44. The van der Waals surface area contributed by atoms with Gasteiger partial charge in [0.15, 0.2) is 5.82 Å². The third-order valence-electron chi connectivity index (χ3n) is 5.44. The fourth-order valence-electron chi connectivity index (χ4n) is 3.82. The van der Waals surface area contributed by atoms with Crippen molar-refractivity contribution >= 4 is 40.1 Å². The minimum absolute atomic E-state index is 0.484. The molecule has 0 spiro atoms. The zero-order valence-corrected chi connectivity index (χ0v) is 18.0. The van der Waals surface area contributed by atoms with Gasteiger partial charge in [0.2, 0.25) is 5.95 Å². The second kappa shape index (κ2) is 8.99. The number of nitrogens with one attached hydrogen (secondary N) is 3. The molecule has 0 bridgehead atoms. The Balaban J connectivity index is 1.67. The molecule has 3 aromatic rings. The third kappa shape index (κ3) is 4.28. The second-order valence-electron chi connectivity index (χ2n) is 7.68. The predicted molar refractivity (Wildman–Crippen MR) is 125 cm³/mol. The Labute approximate surface area is 181 Å². The molecule has 160 valence electrons. The maximum atomic E-state index is 7.62. The van der Waals surface area contributed by atoms with Crippen molar-refractivity contribution in [3.8, 4) is 5.75 Å². The first kappa shape index (κ1) is 20.6. The van der Waals surface area contributed by atoms with Gasteiger partial charge in [-0.05, 0) is 36.1 Å². The van der Waals surface area contributed by atoms with Crippen LogP contribution in [0.4, 0.5) is 17.5 Å². The summed E-state index contributed by atoms with van der Waals surface area (Å²) in [5.41, 5.74) is 3.22. The van der Waals surface area contributed by atoms with Crippen LogP contribution in [0.1, 0.15) is 18.9 Å². The van der Waals surface area contributed by atoms with Crippen LogP contribution in [0.25, 0.3) is 16.5 Å². The predicted octanol–water partition coefficient (Wildman–Crippen LogP) is 3.83. The number of ether oxygens (including phenoxy) is 1. The summed E-state index contributed by atoms with van der Waals surface area (Å²) in [5.74, 6) is 2.69. The van der Waals surface area contributed by atoms with Crippen molar-refractivity contribution in [2.45, 2.75) is 13.3 Å². The van der Waals surface area contributed by atoms with Crippen molar-refractivity contribution < 1.29 is 4.74 Å². The standard InChI is InChI=1S/C23H27N7O/c1-15-7-9-30(14-15)22-21-17(6-8-26-22)13-27-23(29-21)28-19-5-4-16(10-20(19)31-3)18(11-24)12-25-2/h4-6,8,10-13,15,24-25H,7,9,14H2,1-3H3,(H,27,28,29)/b18-12+,24-11?. The molecule has 4 rings (SSSR count). The summed E-state index contributed by atoms with van der Waals surface area (Å²) in [7, 11) is 3.42. The van der Waals surface area contributed by atoms with Crippen LogP contribution in [0.5, 0.6) is 5.75 Å². The fourth-order valence-corrected chi connectivity index (χ4v) is 3.82. The van der Waals surface area contributed by atoms with Crippen molar-refractivity contribution in [1.82, 2.24) is 20.3 Å². The highest BCUT2D eigenvalue weighted by molar-refractivity contribution is 6.08. The molecule has 0 amide bonds. The Morgan fingerprint density at radius 1 is 1.29 bits per heavy atom. The molecule has 1 aliphatic rings. The number of methoxy groups -OCH3 is 1. The van der Waals surface area contributed by atoms with E-state index in [2.05, 4.69) is 32.4 Å². The van der Waals surface area contributed by atoms with E-state index in [0.29, 0.717) is 17.6 Å². The molecule has 0 radical (unpaired) electrons. The summed E-state index contributed by atoms with van der Waals surface area (Å²) < 4.78 is 5.57. The van der Waals surface area contributed by atoms with Crippen molar-refractivity contribution in [3.63, 3.8) is 0 Å². The molecule has 1 unspecified atom stereocenters. The van der Waals surface area contributed by atoms with E-state index in [1.165, 1.54) is 6.21 Å². The first-order valence-electron chi connectivity index (χ1n) is 10.3. The average Bonchev–Trinajstić information content (AvgIpc) is 3.23. The van der Waals surface area contributed by atoms with E-state index < -0.39 is 0 Å². The molecule has 2 aromatic heterocycles. The molecule has 3 N–H and O–H groups in total. The Hall–Kier alpha value is -3.68. The Bertz CT molecular complexity index is 1130. The lowest BCUT2D eigenvalue weighted by atomic mass is 10.1. The molecule has 1 fully saturated rings. The molecular weight excluding hydrogens is 390 g/mol. The van der Waals surface area contributed by atoms with E-state index in [0.717, 1.165) is 53.1 Å². The lowest BCUT2D eigenvalue weighted by Crippen LogP contribution is -2.21. The first-order chi connectivity index (χ1) is 15.1. The molecule has 31 heavy (non-hydrogen) atoms. The highest BCUT2D eigenvalue weighted by Crippen LogP contribution is 2.32. The van der Waals surface area contributed by atoms with Crippen LogP contribution in [0, 0.1) is 11.3 Å². The van der Waals surface area contributed by atoms with Gasteiger partial charge in [-0.1, -0.05) is 13.0 Å².